The highest BCUT2D eigenvalue weighted by atomic mass is 19.1. The molecule has 0 spiro atoms. The Morgan fingerprint density at radius 1 is 1.28 bits per heavy atom. The molecule has 0 saturated carbocycles. The van der Waals surface area contributed by atoms with Gasteiger partial charge < -0.3 is 15.0 Å². The van der Waals surface area contributed by atoms with E-state index in [2.05, 4.69) is 24.1 Å². The third kappa shape index (κ3) is 4.63. The fraction of sp³-hybridized carbons (Fsp3) is 0.571. The molecule has 0 unspecified atom stereocenters. The number of rotatable bonds is 8. The lowest BCUT2D eigenvalue weighted by Gasteiger charge is -2.18. The van der Waals surface area contributed by atoms with Crippen LogP contribution < -0.4 is 10.1 Å². The summed E-state index contributed by atoms with van der Waals surface area (Å²) in [7, 11) is 1.47. The minimum absolute atomic E-state index is 0.293. The first-order valence-corrected chi connectivity index (χ1v) is 6.46. The van der Waals surface area contributed by atoms with Gasteiger partial charge in [-0.25, -0.2) is 4.39 Å². The molecule has 0 aliphatic rings. The van der Waals surface area contributed by atoms with Crippen LogP contribution in [0.4, 0.5) is 4.39 Å². The van der Waals surface area contributed by atoms with Gasteiger partial charge in [-0.2, -0.15) is 0 Å². The van der Waals surface area contributed by atoms with Gasteiger partial charge >= 0.3 is 0 Å². The second kappa shape index (κ2) is 8.06. The first kappa shape index (κ1) is 14.9. The average molecular weight is 254 g/mol. The van der Waals surface area contributed by atoms with Gasteiger partial charge in [-0.15, -0.1) is 0 Å². The maximum atomic E-state index is 13.4. The molecule has 0 aromatic heterocycles. The molecule has 4 heteroatoms. The summed E-state index contributed by atoms with van der Waals surface area (Å²) < 4.78 is 18.3. The highest BCUT2D eigenvalue weighted by Gasteiger charge is 2.03. The zero-order chi connectivity index (χ0) is 13.4. The second-order valence-corrected chi connectivity index (χ2v) is 4.17. The highest BCUT2D eigenvalue weighted by Crippen LogP contribution is 2.17. The van der Waals surface area contributed by atoms with Crippen molar-refractivity contribution in [2.45, 2.75) is 20.4 Å². The maximum Gasteiger partial charge on any atom is 0.165 e. The molecule has 0 amide bonds. The Labute approximate surface area is 109 Å². The zero-order valence-corrected chi connectivity index (χ0v) is 11.5. The van der Waals surface area contributed by atoms with E-state index in [0.29, 0.717) is 12.3 Å². The molecule has 0 atom stereocenters. The smallest absolute Gasteiger partial charge is 0.165 e. The molecule has 0 radical (unpaired) electrons. The first-order chi connectivity index (χ1) is 8.71. The number of ether oxygens (including phenoxy) is 1. The molecule has 0 bridgehead atoms. The Morgan fingerprint density at radius 2 is 2.00 bits per heavy atom. The van der Waals surface area contributed by atoms with Crippen molar-refractivity contribution in [1.82, 2.24) is 10.2 Å². The van der Waals surface area contributed by atoms with E-state index in [4.69, 9.17) is 4.74 Å². The molecule has 1 aromatic carbocycles. The minimum atomic E-state index is -0.305. The van der Waals surface area contributed by atoms with E-state index in [0.717, 1.165) is 31.7 Å². The molecule has 0 fully saturated rings. The van der Waals surface area contributed by atoms with Gasteiger partial charge in [-0.3, -0.25) is 0 Å². The van der Waals surface area contributed by atoms with Crippen molar-refractivity contribution < 1.29 is 9.13 Å². The fourth-order valence-electron chi connectivity index (χ4n) is 1.83. The molecular weight excluding hydrogens is 231 g/mol. The molecule has 18 heavy (non-hydrogen) atoms. The topological polar surface area (TPSA) is 24.5 Å². The largest absolute Gasteiger partial charge is 0.494 e. The van der Waals surface area contributed by atoms with E-state index < -0.39 is 0 Å². The number of nitrogens with one attached hydrogen (secondary N) is 1. The molecule has 1 aromatic rings. The van der Waals surface area contributed by atoms with Crippen LogP contribution in [0.2, 0.25) is 0 Å². The third-order valence-electron chi connectivity index (χ3n) is 3.04. The summed E-state index contributed by atoms with van der Waals surface area (Å²) in [6.07, 6.45) is 0. The van der Waals surface area contributed by atoms with E-state index >= 15 is 0 Å². The number of hydrogen-bond acceptors (Lipinski definition) is 3. The number of hydrogen-bond donors (Lipinski definition) is 1. The molecule has 3 nitrogen and oxygen atoms in total. The molecule has 0 saturated heterocycles. The zero-order valence-electron chi connectivity index (χ0n) is 11.5. The lowest BCUT2D eigenvalue weighted by Crippen LogP contribution is -2.31. The fourth-order valence-corrected chi connectivity index (χ4v) is 1.83. The SMILES string of the molecule is CCN(CC)CCNCc1ccc(OC)c(F)c1. The Hall–Kier alpha value is -1.13. The van der Waals surface area contributed by atoms with Crippen molar-refractivity contribution in [3.8, 4) is 5.75 Å². The summed E-state index contributed by atoms with van der Waals surface area (Å²) >= 11 is 0. The molecule has 1 rings (SSSR count). The van der Waals surface area contributed by atoms with Crippen LogP contribution in [0.1, 0.15) is 19.4 Å². The van der Waals surface area contributed by atoms with Gasteiger partial charge in [0.05, 0.1) is 7.11 Å². The molecule has 0 aliphatic heterocycles. The Morgan fingerprint density at radius 3 is 2.56 bits per heavy atom. The van der Waals surface area contributed by atoms with E-state index in [1.165, 1.54) is 13.2 Å². The molecule has 1 N–H and O–H groups in total. The number of benzene rings is 1. The standard InChI is InChI=1S/C14H23FN2O/c1-4-17(5-2)9-8-16-11-12-6-7-14(18-3)13(15)10-12/h6-7,10,16H,4-5,8-9,11H2,1-3H3. The number of nitrogens with zero attached hydrogens (tertiary/aromatic N) is 1. The monoisotopic (exact) mass is 254 g/mol. The van der Waals surface area contributed by atoms with Crippen LogP contribution in [0, 0.1) is 5.82 Å². The van der Waals surface area contributed by atoms with Gasteiger partial charge in [0.2, 0.25) is 0 Å². The number of methoxy groups -OCH3 is 1. The second-order valence-electron chi connectivity index (χ2n) is 4.17. The summed E-state index contributed by atoms with van der Waals surface area (Å²) in [5, 5.41) is 3.32. The van der Waals surface area contributed by atoms with Crippen LogP contribution in [-0.4, -0.2) is 38.2 Å². The Kier molecular flexibility index (Phi) is 6.68. The van der Waals surface area contributed by atoms with Crippen LogP contribution in [0.5, 0.6) is 5.75 Å². The summed E-state index contributed by atoms with van der Waals surface area (Å²) in [6, 6.07) is 5.06. The lowest BCUT2D eigenvalue weighted by atomic mass is 10.2. The highest BCUT2D eigenvalue weighted by molar-refractivity contribution is 5.29. The van der Waals surface area contributed by atoms with Crippen LogP contribution in [-0.2, 0) is 6.54 Å². The van der Waals surface area contributed by atoms with E-state index in [1.807, 2.05) is 6.07 Å². The maximum absolute atomic E-state index is 13.4. The van der Waals surface area contributed by atoms with Crippen molar-refractivity contribution in [3.05, 3.63) is 29.6 Å². The van der Waals surface area contributed by atoms with Crippen molar-refractivity contribution in [1.29, 1.82) is 0 Å². The summed E-state index contributed by atoms with van der Waals surface area (Å²) in [5.74, 6) is -0.0116. The van der Waals surface area contributed by atoms with Gasteiger partial charge in [0, 0.05) is 19.6 Å². The average Bonchev–Trinajstić information content (AvgIpc) is 2.39. The van der Waals surface area contributed by atoms with E-state index in [1.54, 1.807) is 6.07 Å². The van der Waals surface area contributed by atoms with Crippen LogP contribution in [0.3, 0.4) is 0 Å². The third-order valence-corrected chi connectivity index (χ3v) is 3.04. The Balaban J connectivity index is 2.33. The summed E-state index contributed by atoms with van der Waals surface area (Å²) in [4.78, 5) is 2.35. The van der Waals surface area contributed by atoms with Gasteiger partial charge in [0.25, 0.3) is 0 Å². The minimum Gasteiger partial charge on any atom is -0.494 e. The van der Waals surface area contributed by atoms with E-state index in [-0.39, 0.29) is 5.82 Å². The number of halogens is 1. The van der Waals surface area contributed by atoms with Gasteiger partial charge in [-0.1, -0.05) is 19.9 Å². The van der Waals surface area contributed by atoms with Crippen LogP contribution in [0.15, 0.2) is 18.2 Å². The van der Waals surface area contributed by atoms with Crippen LogP contribution >= 0.6 is 0 Å². The summed E-state index contributed by atoms with van der Waals surface area (Å²) in [5.41, 5.74) is 0.938. The van der Waals surface area contributed by atoms with Crippen molar-refractivity contribution in [3.63, 3.8) is 0 Å². The Bertz CT molecular complexity index is 354. The number of likely N-dealkylation sites (N-methyl/N-ethyl adjacent to an activating group) is 1. The van der Waals surface area contributed by atoms with Crippen molar-refractivity contribution in [2.75, 3.05) is 33.3 Å². The predicted molar refractivity (Wildman–Crippen MR) is 72.4 cm³/mol. The quantitative estimate of drug-likeness (QED) is 0.720. The summed E-state index contributed by atoms with van der Waals surface area (Å²) in [6.45, 7) is 9.05. The van der Waals surface area contributed by atoms with Crippen LogP contribution in [0.25, 0.3) is 0 Å². The van der Waals surface area contributed by atoms with Crippen molar-refractivity contribution in [2.24, 2.45) is 0 Å². The first-order valence-electron chi connectivity index (χ1n) is 6.46. The molecular formula is C14H23FN2O. The molecule has 0 aliphatic carbocycles. The molecule has 102 valence electrons. The normalized spacial score (nSPS) is 10.9. The van der Waals surface area contributed by atoms with Gasteiger partial charge in [0.1, 0.15) is 0 Å². The van der Waals surface area contributed by atoms with Gasteiger partial charge in [0.15, 0.2) is 11.6 Å². The predicted octanol–water partition coefficient (Wildman–Crippen LogP) is 2.27. The van der Waals surface area contributed by atoms with Gasteiger partial charge in [-0.05, 0) is 30.8 Å². The lowest BCUT2D eigenvalue weighted by molar-refractivity contribution is 0.302. The molecule has 0 heterocycles. The van der Waals surface area contributed by atoms with E-state index in [9.17, 15) is 4.39 Å². The van der Waals surface area contributed by atoms with Crippen molar-refractivity contribution >= 4 is 0 Å².